The van der Waals surface area contributed by atoms with Crippen LogP contribution in [0.2, 0.25) is 5.02 Å². The molecule has 0 saturated carbocycles. The Bertz CT molecular complexity index is 437. The van der Waals surface area contributed by atoms with E-state index in [-0.39, 0.29) is 0 Å². The van der Waals surface area contributed by atoms with Crippen LogP contribution in [0, 0.1) is 6.92 Å². The standard InChI is InChI=1S/C12H10ClN/c1-9-4-5-10(7-12(9)13)11-3-2-6-14-8-11/h2-8H,1H3. The van der Waals surface area contributed by atoms with Gasteiger partial charge in [0.15, 0.2) is 0 Å². The topological polar surface area (TPSA) is 12.9 Å². The molecule has 0 amide bonds. The molecule has 0 fully saturated rings. The van der Waals surface area contributed by atoms with E-state index < -0.39 is 0 Å². The maximum atomic E-state index is 6.04. The van der Waals surface area contributed by atoms with Crippen molar-refractivity contribution in [2.75, 3.05) is 0 Å². The fourth-order valence-corrected chi connectivity index (χ4v) is 1.49. The summed E-state index contributed by atoms with van der Waals surface area (Å²) in [4.78, 5) is 4.07. The lowest BCUT2D eigenvalue weighted by Crippen LogP contribution is -1.81. The van der Waals surface area contributed by atoms with Crippen LogP contribution in [-0.4, -0.2) is 4.98 Å². The number of nitrogens with zero attached hydrogens (tertiary/aromatic N) is 1. The Hall–Kier alpha value is -1.34. The van der Waals surface area contributed by atoms with Crippen LogP contribution < -0.4 is 0 Å². The number of rotatable bonds is 1. The van der Waals surface area contributed by atoms with E-state index in [4.69, 9.17) is 11.6 Å². The molecule has 0 unspecified atom stereocenters. The molecule has 1 aromatic carbocycles. The number of hydrogen-bond acceptors (Lipinski definition) is 1. The maximum Gasteiger partial charge on any atom is 0.0441 e. The number of halogens is 1. The molecule has 0 bridgehead atoms. The molecule has 0 saturated heterocycles. The average molecular weight is 204 g/mol. The van der Waals surface area contributed by atoms with Gasteiger partial charge in [-0.2, -0.15) is 0 Å². The number of aryl methyl sites for hydroxylation is 1. The molecular formula is C12H10ClN. The van der Waals surface area contributed by atoms with Crippen molar-refractivity contribution in [1.29, 1.82) is 0 Å². The van der Waals surface area contributed by atoms with Gasteiger partial charge in [-0.05, 0) is 30.2 Å². The number of benzene rings is 1. The summed E-state index contributed by atoms with van der Waals surface area (Å²) in [5.41, 5.74) is 3.29. The van der Waals surface area contributed by atoms with Crippen LogP contribution in [0.1, 0.15) is 5.56 Å². The van der Waals surface area contributed by atoms with Crippen LogP contribution in [0.4, 0.5) is 0 Å². The molecule has 2 aromatic rings. The Labute approximate surface area is 88.4 Å². The Kier molecular flexibility index (Phi) is 2.51. The molecule has 0 aliphatic rings. The van der Waals surface area contributed by atoms with Gasteiger partial charge in [-0.3, -0.25) is 4.98 Å². The van der Waals surface area contributed by atoms with Crippen molar-refractivity contribution in [2.24, 2.45) is 0 Å². The minimum absolute atomic E-state index is 0.798. The SMILES string of the molecule is Cc1ccc(-c2cccnc2)cc1Cl. The Morgan fingerprint density at radius 1 is 1.14 bits per heavy atom. The summed E-state index contributed by atoms with van der Waals surface area (Å²) in [6.07, 6.45) is 3.60. The average Bonchev–Trinajstić information content (AvgIpc) is 2.23. The number of pyridine rings is 1. The zero-order valence-corrected chi connectivity index (χ0v) is 8.62. The maximum absolute atomic E-state index is 6.04. The zero-order valence-electron chi connectivity index (χ0n) is 7.87. The molecule has 0 spiro atoms. The first kappa shape index (κ1) is 9.22. The first-order chi connectivity index (χ1) is 6.77. The van der Waals surface area contributed by atoms with Crippen molar-refractivity contribution >= 4 is 11.6 Å². The number of hydrogen-bond donors (Lipinski definition) is 0. The summed E-state index contributed by atoms with van der Waals surface area (Å²) in [6.45, 7) is 2.00. The lowest BCUT2D eigenvalue weighted by molar-refractivity contribution is 1.33. The van der Waals surface area contributed by atoms with Crippen LogP contribution in [0.15, 0.2) is 42.7 Å². The quantitative estimate of drug-likeness (QED) is 0.689. The number of aromatic nitrogens is 1. The van der Waals surface area contributed by atoms with E-state index in [0.717, 1.165) is 21.7 Å². The highest BCUT2D eigenvalue weighted by molar-refractivity contribution is 6.31. The second kappa shape index (κ2) is 3.81. The predicted molar refractivity (Wildman–Crippen MR) is 59.4 cm³/mol. The van der Waals surface area contributed by atoms with Crippen LogP contribution in [0.3, 0.4) is 0 Å². The molecule has 1 aromatic heterocycles. The molecule has 70 valence electrons. The third-order valence-corrected chi connectivity index (χ3v) is 2.57. The van der Waals surface area contributed by atoms with E-state index in [0.29, 0.717) is 0 Å². The lowest BCUT2D eigenvalue weighted by Gasteiger charge is -2.03. The van der Waals surface area contributed by atoms with Gasteiger partial charge in [0, 0.05) is 23.0 Å². The van der Waals surface area contributed by atoms with Crippen LogP contribution in [0.25, 0.3) is 11.1 Å². The van der Waals surface area contributed by atoms with E-state index >= 15 is 0 Å². The van der Waals surface area contributed by atoms with E-state index in [1.807, 2.05) is 37.4 Å². The van der Waals surface area contributed by atoms with E-state index in [2.05, 4.69) is 11.1 Å². The minimum Gasteiger partial charge on any atom is -0.264 e. The molecule has 0 aliphatic heterocycles. The van der Waals surface area contributed by atoms with Crippen molar-refractivity contribution in [3.05, 3.63) is 53.3 Å². The van der Waals surface area contributed by atoms with Crippen molar-refractivity contribution in [3.8, 4) is 11.1 Å². The van der Waals surface area contributed by atoms with Gasteiger partial charge in [0.05, 0.1) is 0 Å². The predicted octanol–water partition coefficient (Wildman–Crippen LogP) is 3.71. The zero-order chi connectivity index (χ0) is 9.97. The molecule has 0 aliphatic carbocycles. The van der Waals surface area contributed by atoms with Crippen molar-refractivity contribution < 1.29 is 0 Å². The first-order valence-electron chi connectivity index (χ1n) is 4.44. The molecule has 14 heavy (non-hydrogen) atoms. The third kappa shape index (κ3) is 1.78. The summed E-state index contributed by atoms with van der Waals surface area (Å²) < 4.78 is 0. The molecule has 0 radical (unpaired) electrons. The largest absolute Gasteiger partial charge is 0.264 e. The second-order valence-electron chi connectivity index (χ2n) is 3.21. The van der Waals surface area contributed by atoms with Gasteiger partial charge in [-0.25, -0.2) is 0 Å². The first-order valence-corrected chi connectivity index (χ1v) is 4.82. The smallest absolute Gasteiger partial charge is 0.0441 e. The van der Waals surface area contributed by atoms with Gasteiger partial charge >= 0.3 is 0 Å². The second-order valence-corrected chi connectivity index (χ2v) is 3.61. The Balaban J connectivity index is 2.48. The molecule has 2 rings (SSSR count). The van der Waals surface area contributed by atoms with E-state index in [1.165, 1.54) is 0 Å². The fourth-order valence-electron chi connectivity index (χ4n) is 1.31. The summed E-state index contributed by atoms with van der Waals surface area (Å²) in [5, 5.41) is 0.798. The molecule has 0 N–H and O–H groups in total. The van der Waals surface area contributed by atoms with Gasteiger partial charge in [-0.1, -0.05) is 29.8 Å². The summed E-state index contributed by atoms with van der Waals surface area (Å²) in [5.74, 6) is 0. The lowest BCUT2D eigenvalue weighted by atomic mass is 10.1. The normalized spacial score (nSPS) is 10.1. The molecule has 1 heterocycles. The molecule has 0 atom stereocenters. The van der Waals surface area contributed by atoms with Gasteiger partial charge in [0.25, 0.3) is 0 Å². The molecular weight excluding hydrogens is 194 g/mol. The summed E-state index contributed by atoms with van der Waals surface area (Å²) in [6, 6.07) is 9.98. The monoisotopic (exact) mass is 203 g/mol. The van der Waals surface area contributed by atoms with E-state index in [1.54, 1.807) is 6.20 Å². The van der Waals surface area contributed by atoms with Gasteiger partial charge in [0.2, 0.25) is 0 Å². The Morgan fingerprint density at radius 2 is 2.00 bits per heavy atom. The Morgan fingerprint density at radius 3 is 2.64 bits per heavy atom. The van der Waals surface area contributed by atoms with Crippen LogP contribution >= 0.6 is 11.6 Å². The highest BCUT2D eigenvalue weighted by Crippen LogP contribution is 2.24. The summed E-state index contributed by atoms with van der Waals surface area (Å²) >= 11 is 6.04. The minimum atomic E-state index is 0.798. The van der Waals surface area contributed by atoms with E-state index in [9.17, 15) is 0 Å². The van der Waals surface area contributed by atoms with Crippen LogP contribution in [-0.2, 0) is 0 Å². The highest BCUT2D eigenvalue weighted by atomic mass is 35.5. The highest BCUT2D eigenvalue weighted by Gasteiger charge is 1.99. The van der Waals surface area contributed by atoms with Gasteiger partial charge in [0.1, 0.15) is 0 Å². The fraction of sp³-hybridized carbons (Fsp3) is 0.0833. The summed E-state index contributed by atoms with van der Waals surface area (Å²) in [7, 11) is 0. The third-order valence-electron chi connectivity index (χ3n) is 2.17. The van der Waals surface area contributed by atoms with Crippen molar-refractivity contribution in [3.63, 3.8) is 0 Å². The van der Waals surface area contributed by atoms with Crippen molar-refractivity contribution in [1.82, 2.24) is 4.98 Å². The van der Waals surface area contributed by atoms with Crippen LogP contribution in [0.5, 0.6) is 0 Å². The van der Waals surface area contributed by atoms with Gasteiger partial charge < -0.3 is 0 Å². The molecule has 1 nitrogen and oxygen atoms in total. The van der Waals surface area contributed by atoms with Gasteiger partial charge in [-0.15, -0.1) is 0 Å². The molecule has 2 heteroatoms. The van der Waals surface area contributed by atoms with Crippen molar-refractivity contribution in [2.45, 2.75) is 6.92 Å².